The monoisotopic (exact) mass is 274 g/mol. The highest BCUT2D eigenvalue weighted by molar-refractivity contribution is 5.82. The van der Waals surface area contributed by atoms with E-state index in [4.69, 9.17) is 0 Å². The van der Waals surface area contributed by atoms with Crippen LogP contribution in [0.2, 0.25) is 0 Å². The van der Waals surface area contributed by atoms with Crippen molar-refractivity contribution in [2.45, 2.75) is 18.8 Å². The lowest BCUT2D eigenvalue weighted by Gasteiger charge is -2.16. The van der Waals surface area contributed by atoms with Crippen LogP contribution in [0.25, 0.3) is 0 Å². The number of hydrogen-bond acceptors (Lipinski definition) is 1. The maximum absolute atomic E-state index is 13.5. The van der Waals surface area contributed by atoms with Gasteiger partial charge in [0.15, 0.2) is 11.6 Å². The van der Waals surface area contributed by atoms with Crippen LogP contribution in [0.3, 0.4) is 0 Å². The molecule has 1 unspecified atom stereocenters. The molecule has 1 aliphatic rings. The first-order chi connectivity index (χ1) is 9.58. The van der Waals surface area contributed by atoms with E-state index in [1.165, 1.54) is 0 Å². The Kier molecular flexibility index (Phi) is 3.01. The van der Waals surface area contributed by atoms with Crippen molar-refractivity contribution < 1.29 is 18.7 Å². The van der Waals surface area contributed by atoms with E-state index < -0.39 is 23.5 Å². The van der Waals surface area contributed by atoms with Crippen molar-refractivity contribution in [1.29, 1.82) is 0 Å². The minimum Gasteiger partial charge on any atom is -0.481 e. The van der Waals surface area contributed by atoms with E-state index >= 15 is 0 Å². The summed E-state index contributed by atoms with van der Waals surface area (Å²) in [5.41, 5.74) is 2.48. The molecule has 1 atom stereocenters. The summed E-state index contributed by atoms with van der Waals surface area (Å²) < 4.78 is 26.9. The van der Waals surface area contributed by atoms with Crippen molar-refractivity contribution in [3.63, 3.8) is 0 Å². The van der Waals surface area contributed by atoms with Crippen LogP contribution < -0.4 is 0 Å². The van der Waals surface area contributed by atoms with Crippen LogP contribution in [-0.4, -0.2) is 11.1 Å². The second kappa shape index (κ2) is 4.71. The van der Waals surface area contributed by atoms with Gasteiger partial charge >= 0.3 is 5.97 Å². The standard InChI is InChI=1S/C16H12F2O2/c17-13-7-10-6-5-9-3-1-2-4-11(9)15(16(19)20)12(10)8-14(13)18/h1-4,7-8,15H,5-6H2,(H,19,20). The van der Waals surface area contributed by atoms with E-state index in [0.29, 0.717) is 29.5 Å². The minimum absolute atomic E-state index is 0.348. The Balaban J connectivity index is 2.27. The lowest BCUT2D eigenvalue weighted by molar-refractivity contribution is -0.137. The molecule has 0 heterocycles. The molecule has 4 heteroatoms. The molecule has 2 nitrogen and oxygen atoms in total. The van der Waals surface area contributed by atoms with Crippen LogP contribution in [0.15, 0.2) is 36.4 Å². The summed E-state index contributed by atoms with van der Waals surface area (Å²) >= 11 is 0. The highest BCUT2D eigenvalue weighted by atomic mass is 19.2. The Bertz CT molecular complexity index is 695. The maximum Gasteiger partial charge on any atom is 0.315 e. The van der Waals surface area contributed by atoms with Crippen LogP contribution in [0.1, 0.15) is 28.2 Å². The molecule has 3 rings (SSSR count). The second-order valence-corrected chi connectivity index (χ2v) is 4.94. The largest absolute Gasteiger partial charge is 0.481 e. The predicted molar refractivity (Wildman–Crippen MR) is 69.7 cm³/mol. The zero-order valence-electron chi connectivity index (χ0n) is 10.6. The van der Waals surface area contributed by atoms with Crippen LogP contribution >= 0.6 is 0 Å². The number of carboxylic acid groups (broad SMARTS) is 1. The SMILES string of the molecule is O=C(O)C1c2ccccc2CCc2cc(F)c(F)cc21. The van der Waals surface area contributed by atoms with Crippen molar-refractivity contribution in [1.82, 2.24) is 0 Å². The van der Waals surface area contributed by atoms with Gasteiger partial charge in [-0.2, -0.15) is 0 Å². The average molecular weight is 274 g/mol. The first-order valence-electron chi connectivity index (χ1n) is 6.36. The fraction of sp³-hybridized carbons (Fsp3) is 0.188. The summed E-state index contributed by atoms with van der Waals surface area (Å²) in [6, 6.07) is 9.35. The predicted octanol–water partition coefficient (Wildman–Crippen LogP) is 3.28. The molecule has 0 aliphatic heterocycles. The first-order valence-corrected chi connectivity index (χ1v) is 6.36. The van der Waals surface area contributed by atoms with Crippen LogP contribution in [-0.2, 0) is 17.6 Å². The molecule has 2 aromatic rings. The van der Waals surface area contributed by atoms with Gasteiger partial charge < -0.3 is 5.11 Å². The number of rotatable bonds is 1. The van der Waals surface area contributed by atoms with Crippen molar-refractivity contribution in [3.8, 4) is 0 Å². The van der Waals surface area contributed by atoms with Crippen LogP contribution in [0.5, 0.6) is 0 Å². The third-order valence-electron chi connectivity index (χ3n) is 3.77. The molecule has 0 spiro atoms. The zero-order chi connectivity index (χ0) is 14.3. The summed E-state index contributed by atoms with van der Waals surface area (Å²) in [5, 5.41) is 9.50. The van der Waals surface area contributed by atoms with E-state index in [0.717, 1.165) is 17.7 Å². The molecule has 0 saturated carbocycles. The van der Waals surface area contributed by atoms with Gasteiger partial charge in [0.25, 0.3) is 0 Å². The zero-order valence-corrected chi connectivity index (χ0v) is 10.6. The Morgan fingerprint density at radius 2 is 1.65 bits per heavy atom. The smallest absolute Gasteiger partial charge is 0.315 e. The molecule has 0 amide bonds. The fourth-order valence-corrected chi connectivity index (χ4v) is 2.84. The van der Waals surface area contributed by atoms with E-state index in [1.807, 2.05) is 12.1 Å². The minimum atomic E-state index is -1.05. The van der Waals surface area contributed by atoms with Crippen molar-refractivity contribution >= 4 is 5.97 Å². The Morgan fingerprint density at radius 3 is 2.40 bits per heavy atom. The third-order valence-corrected chi connectivity index (χ3v) is 3.77. The lowest BCUT2D eigenvalue weighted by atomic mass is 9.88. The number of halogens is 2. The van der Waals surface area contributed by atoms with E-state index in [9.17, 15) is 18.7 Å². The molecule has 0 saturated heterocycles. The quantitative estimate of drug-likeness (QED) is 0.866. The van der Waals surface area contributed by atoms with E-state index in [-0.39, 0.29) is 0 Å². The number of carbonyl (C=O) groups is 1. The van der Waals surface area contributed by atoms with Gasteiger partial charge in [0, 0.05) is 0 Å². The molecule has 2 aromatic carbocycles. The normalized spacial score (nSPS) is 17.0. The fourth-order valence-electron chi connectivity index (χ4n) is 2.84. The Hall–Kier alpha value is -2.23. The van der Waals surface area contributed by atoms with Gasteiger partial charge in [-0.15, -0.1) is 0 Å². The average Bonchev–Trinajstić information content (AvgIpc) is 2.56. The molecule has 1 N–H and O–H groups in total. The van der Waals surface area contributed by atoms with Crippen LogP contribution in [0, 0.1) is 11.6 Å². The Labute approximate surface area is 114 Å². The molecular formula is C16H12F2O2. The maximum atomic E-state index is 13.5. The lowest BCUT2D eigenvalue weighted by Crippen LogP contribution is -2.15. The number of benzene rings is 2. The summed E-state index contributed by atoms with van der Waals surface area (Å²) in [7, 11) is 0. The molecule has 0 bridgehead atoms. The molecule has 20 heavy (non-hydrogen) atoms. The van der Waals surface area contributed by atoms with Gasteiger partial charge in [0.1, 0.15) is 5.92 Å². The highest BCUT2D eigenvalue weighted by Gasteiger charge is 2.30. The molecule has 0 aromatic heterocycles. The van der Waals surface area contributed by atoms with Crippen molar-refractivity contribution in [3.05, 3.63) is 70.3 Å². The van der Waals surface area contributed by atoms with Crippen molar-refractivity contribution in [2.75, 3.05) is 0 Å². The first kappa shape index (κ1) is 12.8. The number of fused-ring (bicyclic) bond motifs is 2. The molecule has 0 fully saturated rings. The van der Waals surface area contributed by atoms with Gasteiger partial charge in [0.2, 0.25) is 0 Å². The van der Waals surface area contributed by atoms with Crippen LogP contribution in [0.4, 0.5) is 8.78 Å². The number of hydrogen-bond donors (Lipinski definition) is 1. The van der Waals surface area contributed by atoms with Gasteiger partial charge in [-0.25, -0.2) is 8.78 Å². The third kappa shape index (κ3) is 1.97. The van der Waals surface area contributed by atoms with E-state index in [1.54, 1.807) is 12.1 Å². The summed E-state index contributed by atoms with van der Waals surface area (Å²) in [6.45, 7) is 0. The second-order valence-electron chi connectivity index (χ2n) is 4.94. The van der Waals surface area contributed by atoms with Gasteiger partial charge in [-0.1, -0.05) is 24.3 Å². The van der Waals surface area contributed by atoms with E-state index in [2.05, 4.69) is 0 Å². The summed E-state index contributed by atoms with van der Waals surface area (Å²) in [4.78, 5) is 11.6. The van der Waals surface area contributed by atoms with Gasteiger partial charge in [-0.3, -0.25) is 4.79 Å². The molecule has 1 aliphatic carbocycles. The number of aliphatic carboxylic acids is 1. The molecule has 0 radical (unpaired) electrons. The summed E-state index contributed by atoms with van der Waals surface area (Å²) in [6.07, 6.45) is 1.13. The van der Waals surface area contributed by atoms with Crippen molar-refractivity contribution in [2.24, 2.45) is 0 Å². The topological polar surface area (TPSA) is 37.3 Å². The summed E-state index contributed by atoms with van der Waals surface area (Å²) in [5.74, 6) is -3.93. The van der Waals surface area contributed by atoms with Gasteiger partial charge in [-0.05, 0) is 47.2 Å². The molecule has 102 valence electrons. The number of carboxylic acids is 1. The molecular weight excluding hydrogens is 262 g/mol. The highest BCUT2D eigenvalue weighted by Crippen LogP contribution is 2.35. The number of aryl methyl sites for hydroxylation is 2. The Morgan fingerprint density at radius 1 is 1.00 bits per heavy atom. The van der Waals surface area contributed by atoms with Gasteiger partial charge in [0.05, 0.1) is 0 Å².